The van der Waals surface area contributed by atoms with E-state index < -0.39 is 0 Å². The van der Waals surface area contributed by atoms with Crippen LogP contribution in [0.4, 0.5) is 5.69 Å². The normalized spacial score (nSPS) is 11.4. The molecule has 1 aromatic carbocycles. The molecule has 0 spiro atoms. The van der Waals surface area contributed by atoms with Gasteiger partial charge in [0.25, 0.3) is 0 Å². The zero-order valence-electron chi connectivity index (χ0n) is 12.2. The highest BCUT2D eigenvalue weighted by atomic mass is 16.5. The molecule has 6 nitrogen and oxygen atoms in total. The third kappa shape index (κ3) is 6.96. The number of nitrogens with two attached hydrogens (primary N) is 1. The van der Waals surface area contributed by atoms with E-state index >= 15 is 0 Å². The van der Waals surface area contributed by atoms with Crippen molar-refractivity contribution in [3.8, 4) is 0 Å². The van der Waals surface area contributed by atoms with E-state index in [4.69, 9.17) is 15.2 Å². The summed E-state index contributed by atoms with van der Waals surface area (Å²) in [6, 6.07) is 8.10. The molecule has 0 amide bonds. The van der Waals surface area contributed by atoms with E-state index in [2.05, 4.69) is 15.6 Å². The summed E-state index contributed by atoms with van der Waals surface area (Å²) >= 11 is 0. The minimum Gasteiger partial charge on any atom is -0.383 e. The summed E-state index contributed by atoms with van der Waals surface area (Å²) in [6.45, 7) is 3.32. The third-order valence-corrected chi connectivity index (χ3v) is 2.63. The van der Waals surface area contributed by atoms with Gasteiger partial charge in [0.2, 0.25) is 0 Å². The Kier molecular flexibility index (Phi) is 8.17. The molecule has 0 saturated carbocycles. The van der Waals surface area contributed by atoms with Crippen LogP contribution in [0.2, 0.25) is 0 Å². The van der Waals surface area contributed by atoms with Gasteiger partial charge in [-0.15, -0.1) is 0 Å². The lowest BCUT2D eigenvalue weighted by Crippen LogP contribution is -2.34. The topological polar surface area (TPSA) is 80.9 Å². The van der Waals surface area contributed by atoms with E-state index in [1.165, 1.54) is 0 Å². The van der Waals surface area contributed by atoms with Crippen LogP contribution in [-0.4, -0.2) is 46.5 Å². The summed E-state index contributed by atoms with van der Waals surface area (Å²) in [4.78, 5) is 4.26. The number of nitrogens with zero attached hydrogens (tertiary/aromatic N) is 1. The summed E-state index contributed by atoms with van der Waals surface area (Å²) < 4.78 is 9.90. The maximum absolute atomic E-state index is 5.73. The Morgan fingerprint density at radius 2 is 1.75 bits per heavy atom. The van der Waals surface area contributed by atoms with E-state index in [1.807, 2.05) is 24.3 Å². The van der Waals surface area contributed by atoms with Crippen molar-refractivity contribution in [2.75, 3.05) is 45.8 Å². The number of hydrogen-bond acceptors (Lipinski definition) is 4. The number of aliphatic imine (C=N–C) groups is 1. The van der Waals surface area contributed by atoms with Gasteiger partial charge < -0.3 is 25.8 Å². The van der Waals surface area contributed by atoms with Crippen LogP contribution in [0.15, 0.2) is 29.3 Å². The van der Waals surface area contributed by atoms with Crippen molar-refractivity contribution < 1.29 is 9.47 Å². The Morgan fingerprint density at radius 1 is 1.10 bits per heavy atom. The monoisotopic (exact) mass is 280 g/mol. The second-order valence-corrected chi connectivity index (χ2v) is 4.24. The van der Waals surface area contributed by atoms with Gasteiger partial charge >= 0.3 is 0 Å². The zero-order chi connectivity index (χ0) is 14.6. The first-order valence-electron chi connectivity index (χ1n) is 6.60. The number of rotatable bonds is 9. The first kappa shape index (κ1) is 16.3. The second kappa shape index (κ2) is 10.1. The van der Waals surface area contributed by atoms with Crippen molar-refractivity contribution in [3.63, 3.8) is 0 Å². The summed E-state index contributed by atoms with van der Waals surface area (Å²) in [7, 11) is 3.34. The predicted molar refractivity (Wildman–Crippen MR) is 82.0 cm³/mol. The van der Waals surface area contributed by atoms with Crippen LogP contribution in [0.25, 0.3) is 0 Å². The number of hydrogen-bond donors (Lipinski definition) is 3. The Bertz CT molecular complexity index is 393. The molecule has 6 heteroatoms. The molecule has 0 aliphatic heterocycles. The number of benzene rings is 1. The van der Waals surface area contributed by atoms with Gasteiger partial charge in [0.1, 0.15) is 0 Å². The van der Waals surface area contributed by atoms with Crippen molar-refractivity contribution in [2.45, 2.75) is 6.54 Å². The fourth-order valence-electron chi connectivity index (χ4n) is 1.54. The van der Waals surface area contributed by atoms with Crippen LogP contribution in [0.3, 0.4) is 0 Å². The molecule has 0 bridgehead atoms. The minimum absolute atomic E-state index is 0.435. The average molecular weight is 280 g/mol. The van der Waals surface area contributed by atoms with Gasteiger partial charge in [-0.2, -0.15) is 0 Å². The molecule has 0 fully saturated rings. The van der Waals surface area contributed by atoms with Gasteiger partial charge in [-0.25, -0.2) is 4.99 Å². The lowest BCUT2D eigenvalue weighted by Gasteiger charge is -2.07. The van der Waals surface area contributed by atoms with Crippen LogP contribution in [0.5, 0.6) is 0 Å². The van der Waals surface area contributed by atoms with Gasteiger partial charge in [-0.3, -0.25) is 0 Å². The van der Waals surface area contributed by atoms with E-state index in [-0.39, 0.29) is 0 Å². The summed E-state index contributed by atoms with van der Waals surface area (Å²) in [5.41, 5.74) is 7.91. The van der Waals surface area contributed by atoms with Gasteiger partial charge in [0, 0.05) is 33.0 Å². The molecule has 0 atom stereocenters. The second-order valence-electron chi connectivity index (χ2n) is 4.24. The molecule has 20 heavy (non-hydrogen) atoms. The Hall–Kier alpha value is -1.79. The number of guanidine groups is 1. The van der Waals surface area contributed by atoms with Gasteiger partial charge in [0.15, 0.2) is 5.96 Å². The highest BCUT2D eigenvalue weighted by Crippen LogP contribution is 2.09. The van der Waals surface area contributed by atoms with Gasteiger partial charge in [-0.1, -0.05) is 12.1 Å². The fourth-order valence-corrected chi connectivity index (χ4v) is 1.54. The first-order chi connectivity index (χ1) is 9.76. The molecule has 112 valence electrons. The summed E-state index contributed by atoms with van der Waals surface area (Å²) in [5.74, 6) is 0.435. The van der Waals surface area contributed by atoms with E-state index in [0.717, 1.165) is 17.8 Å². The maximum Gasteiger partial charge on any atom is 0.188 e. The average Bonchev–Trinajstić information content (AvgIpc) is 2.47. The smallest absolute Gasteiger partial charge is 0.188 e. The molecular formula is C14H24N4O2. The molecule has 0 aliphatic carbocycles. The molecule has 0 radical (unpaired) electrons. The van der Waals surface area contributed by atoms with Gasteiger partial charge in [-0.05, 0) is 17.7 Å². The quantitative estimate of drug-likeness (QED) is 0.354. The lowest BCUT2D eigenvalue weighted by atomic mass is 10.2. The zero-order valence-corrected chi connectivity index (χ0v) is 12.2. The molecule has 0 unspecified atom stereocenters. The maximum atomic E-state index is 5.73. The van der Waals surface area contributed by atoms with Crippen molar-refractivity contribution in [3.05, 3.63) is 29.8 Å². The Morgan fingerprint density at radius 3 is 2.40 bits per heavy atom. The molecular weight excluding hydrogens is 256 g/mol. The molecule has 0 heterocycles. The van der Waals surface area contributed by atoms with Crippen molar-refractivity contribution >= 4 is 11.6 Å². The van der Waals surface area contributed by atoms with Crippen molar-refractivity contribution in [2.24, 2.45) is 10.7 Å². The highest BCUT2D eigenvalue weighted by Gasteiger charge is 1.95. The Labute approximate surface area is 120 Å². The first-order valence-corrected chi connectivity index (χ1v) is 6.60. The van der Waals surface area contributed by atoms with E-state index in [0.29, 0.717) is 32.3 Å². The van der Waals surface area contributed by atoms with Crippen molar-refractivity contribution in [1.29, 1.82) is 0 Å². The standard InChI is InChI=1S/C14H24N4O2/c1-19-9-7-16-13-5-3-12(4-6-13)11-18-14(15)17-8-10-20-2/h3-6,16H,7-11H2,1-2H3,(H3,15,17,18). The predicted octanol–water partition coefficient (Wildman–Crippen LogP) is 0.796. The number of methoxy groups -OCH3 is 2. The number of ether oxygens (including phenoxy) is 2. The molecule has 0 aromatic heterocycles. The van der Waals surface area contributed by atoms with Crippen molar-refractivity contribution in [1.82, 2.24) is 5.32 Å². The molecule has 0 aliphatic rings. The fraction of sp³-hybridized carbons (Fsp3) is 0.500. The third-order valence-electron chi connectivity index (χ3n) is 2.63. The number of nitrogens with one attached hydrogen (secondary N) is 2. The van der Waals surface area contributed by atoms with E-state index in [1.54, 1.807) is 14.2 Å². The van der Waals surface area contributed by atoms with Crippen LogP contribution in [0.1, 0.15) is 5.56 Å². The van der Waals surface area contributed by atoms with Crippen LogP contribution >= 0.6 is 0 Å². The molecule has 4 N–H and O–H groups in total. The summed E-state index contributed by atoms with van der Waals surface area (Å²) in [5, 5.41) is 6.24. The van der Waals surface area contributed by atoms with E-state index in [9.17, 15) is 0 Å². The van der Waals surface area contributed by atoms with Gasteiger partial charge in [0.05, 0.1) is 19.8 Å². The molecule has 1 aromatic rings. The van der Waals surface area contributed by atoms with Crippen LogP contribution in [0, 0.1) is 0 Å². The highest BCUT2D eigenvalue weighted by molar-refractivity contribution is 5.77. The number of anilines is 1. The van der Waals surface area contributed by atoms with Crippen LogP contribution in [-0.2, 0) is 16.0 Å². The van der Waals surface area contributed by atoms with Crippen LogP contribution < -0.4 is 16.4 Å². The molecule has 1 rings (SSSR count). The summed E-state index contributed by atoms with van der Waals surface area (Å²) in [6.07, 6.45) is 0. The Balaban J connectivity index is 2.35. The lowest BCUT2D eigenvalue weighted by molar-refractivity contribution is 0.204. The minimum atomic E-state index is 0.435. The largest absolute Gasteiger partial charge is 0.383 e. The SMILES string of the molecule is COCCNC(N)=NCc1ccc(NCCOC)cc1. The molecule has 0 saturated heterocycles.